The highest BCUT2D eigenvalue weighted by Crippen LogP contribution is 2.47. The molecule has 5 aromatic rings. The average Bonchev–Trinajstić information content (AvgIpc) is 0.808. The molecular formula is C125H183N9O9. The van der Waals surface area contributed by atoms with E-state index in [2.05, 4.69) is 305 Å². The second-order valence-electron chi connectivity index (χ2n) is 49.0. The lowest BCUT2D eigenvalue weighted by Crippen LogP contribution is -2.46. The van der Waals surface area contributed by atoms with Crippen LogP contribution in [0.15, 0.2) is 216 Å². The van der Waals surface area contributed by atoms with E-state index in [0.717, 1.165) is 221 Å². The molecule has 0 saturated carbocycles. The van der Waals surface area contributed by atoms with Crippen molar-refractivity contribution in [1.82, 2.24) is 19.6 Å². The lowest BCUT2D eigenvalue weighted by atomic mass is 9.75. The maximum Gasteiger partial charge on any atom is 0.379 e. The predicted octanol–water partition coefficient (Wildman–Crippen LogP) is 28.7. The third kappa shape index (κ3) is 30.8. The first-order valence-corrected chi connectivity index (χ1v) is 52.9. The maximum atomic E-state index is 13.7. The molecule has 1 fully saturated rings. The van der Waals surface area contributed by atoms with Gasteiger partial charge in [-0.1, -0.05) is 213 Å². The highest BCUT2D eigenvalue weighted by atomic mass is 16.5. The number of carbonyl (C=O) groups is 8. The van der Waals surface area contributed by atoms with Crippen molar-refractivity contribution in [3.05, 3.63) is 238 Å². The summed E-state index contributed by atoms with van der Waals surface area (Å²) in [4.78, 5) is 125. The topological polar surface area (TPSA) is 175 Å². The number of carbonyl (C=O) groups excluding carboxylic acids is 8. The maximum absolute atomic E-state index is 13.7. The van der Waals surface area contributed by atoms with Gasteiger partial charge in [0.15, 0.2) is 34.7 Å². The van der Waals surface area contributed by atoms with Crippen LogP contribution in [0.3, 0.4) is 0 Å². The van der Waals surface area contributed by atoms with Crippen molar-refractivity contribution in [3.8, 4) is 0 Å². The highest BCUT2D eigenvalue weighted by Gasteiger charge is 2.44. The third-order valence-electron chi connectivity index (χ3n) is 30.7. The van der Waals surface area contributed by atoms with Crippen LogP contribution < -0.4 is 24.5 Å². The van der Waals surface area contributed by atoms with Crippen molar-refractivity contribution in [2.75, 3.05) is 103 Å². The number of hydrogen-bond donors (Lipinski definition) is 0. The Bertz CT molecular complexity index is 5260. The van der Waals surface area contributed by atoms with Crippen LogP contribution in [0.25, 0.3) is 6.08 Å². The van der Waals surface area contributed by atoms with E-state index in [-0.39, 0.29) is 105 Å². The Labute approximate surface area is 864 Å². The van der Waals surface area contributed by atoms with Gasteiger partial charge in [-0.25, -0.2) is 4.79 Å². The normalized spacial score (nSPS) is 19.1. The molecule has 0 aliphatic carbocycles. The molecule has 0 atom stereocenters. The van der Waals surface area contributed by atoms with E-state index >= 15 is 0 Å². The Kier molecular flexibility index (Phi) is 40.0. The molecule has 0 aromatic heterocycles. The zero-order chi connectivity index (χ0) is 104. The van der Waals surface area contributed by atoms with Crippen LogP contribution in [-0.4, -0.2) is 167 Å². The van der Waals surface area contributed by atoms with Gasteiger partial charge in [-0.15, -0.1) is 0 Å². The second-order valence-corrected chi connectivity index (χ2v) is 49.0. The summed E-state index contributed by atoms with van der Waals surface area (Å²) in [6.45, 7) is 72.8. The van der Waals surface area contributed by atoms with Gasteiger partial charge in [0.25, 0.3) is 5.78 Å². The minimum Gasteiger partial charge on any atom is -0.460 e. The zero-order valence-electron chi connectivity index (χ0n) is 92.0. The molecule has 143 heavy (non-hydrogen) atoms. The van der Waals surface area contributed by atoms with Crippen molar-refractivity contribution in [3.63, 3.8) is 0 Å². The van der Waals surface area contributed by atoms with E-state index in [1.54, 1.807) is 19.2 Å². The summed E-state index contributed by atoms with van der Waals surface area (Å²) >= 11 is 0. The summed E-state index contributed by atoms with van der Waals surface area (Å²) in [7, 11) is 0. The van der Waals surface area contributed by atoms with Crippen molar-refractivity contribution in [2.24, 2.45) is 37.9 Å². The molecule has 8 heterocycles. The molecule has 8 aliphatic rings. The second kappa shape index (κ2) is 48.6. The smallest absolute Gasteiger partial charge is 0.379 e. The number of unbranched alkanes of at least 4 members (excludes halogenated alkanes) is 6. The molecule has 0 spiro atoms. The van der Waals surface area contributed by atoms with Gasteiger partial charge in [0, 0.05) is 235 Å². The van der Waals surface area contributed by atoms with Gasteiger partial charge in [-0.05, 0) is 282 Å². The summed E-state index contributed by atoms with van der Waals surface area (Å²) in [5.74, 6) is -0.309. The summed E-state index contributed by atoms with van der Waals surface area (Å²) in [5, 5.41) is 0. The summed E-state index contributed by atoms with van der Waals surface area (Å²) in [6, 6.07) is 42.5. The van der Waals surface area contributed by atoms with Crippen LogP contribution >= 0.6 is 0 Å². The van der Waals surface area contributed by atoms with Crippen LogP contribution in [0.4, 0.5) is 28.4 Å². The van der Waals surface area contributed by atoms with E-state index in [9.17, 15) is 38.4 Å². The minimum absolute atomic E-state index is 0. The zero-order valence-corrected chi connectivity index (χ0v) is 92.0. The van der Waals surface area contributed by atoms with Crippen LogP contribution in [0, 0.1) is 37.9 Å². The minimum atomic E-state index is -0.772. The molecule has 8 aliphatic heterocycles. The number of Topliss-reactive ketones (excluding diaryl/α,β-unsaturated/α-hetero) is 6. The standard InChI is InChI=1S/C40H56N4O2.C34H52N2O2.C32H46N2O2.C17H21NO3.2CH4/c1-37(2,3)43-21-19-39(7,8)33(27-43)35(45)29-11-15-31(16-12-29)41-23-25-42(26-24-41)32-17-13-30(14-18-32)36(46)34-28-44(38(4,5)6)22-20-40(34,9)10;1-7-9-11-13-15-31(37)29-25-35(23-21-33(29,3)4)27-17-19-28(20-18-27)36-24-22-34(5,6)30(26-36)32(38)16-14-12-10-8-2;1-29(2,3)33-19-17-31(7,8)25(21-33)27(35)16-13-23-11-14-24(15-12-23)28(36)26-22-34(30(4,5)6)20-18-32(26,9)10;1-4-21-16(20)15(19)14-12-18(11-10-17(14,2)3)13-8-6-5-7-9-13;;/h11-18,27-28H,19-26H2,1-10H3;17-20,25-26H,7-16,21-24H2,1-6H3;11-16,21-22H,17-20H2,1-10H3;5-9,12H,4,10-11H2,1-3H3;2*1H4/b;;16-13+;;;. The molecule has 1 saturated heterocycles. The Hall–Kier alpha value is -10.6. The molecule has 18 nitrogen and oxygen atoms in total. The highest BCUT2D eigenvalue weighted by molar-refractivity contribution is 6.41. The van der Waals surface area contributed by atoms with Gasteiger partial charge in [0.1, 0.15) is 0 Å². The number of anilines is 5. The summed E-state index contributed by atoms with van der Waals surface area (Å²) < 4.78 is 4.84. The van der Waals surface area contributed by atoms with Crippen LogP contribution in [-0.2, 0) is 28.7 Å². The molecule has 0 radical (unpaired) electrons. The van der Waals surface area contributed by atoms with Crippen molar-refractivity contribution < 1.29 is 43.1 Å². The van der Waals surface area contributed by atoms with Crippen molar-refractivity contribution in [2.45, 2.75) is 347 Å². The third-order valence-corrected chi connectivity index (χ3v) is 30.7. The van der Waals surface area contributed by atoms with Crippen LogP contribution in [0.1, 0.15) is 361 Å². The van der Waals surface area contributed by atoms with Gasteiger partial charge < -0.3 is 48.8 Å². The van der Waals surface area contributed by atoms with Crippen molar-refractivity contribution >= 4 is 81.0 Å². The SMILES string of the molecule is C.C.CC1(C)CCN(C(C)(C)C)C=C1C(=O)/C=C/c1ccc(C(=O)C2=CN(C(C)(C)C)CCC2(C)C)cc1.CC1(C)CCN(C(C)(C)C)C=C1C(=O)c1ccc(N2CCN(c3ccc(C(=O)C4=CN(C(C)(C)C)CCC4(C)C)cc3)CC2)cc1.CCCCCCC(=O)C1=CN(c2ccc(N3C=C(C(=O)CCCCCC)C(C)(C)CC3)cc2)CCC1(C)C.CCOC(=O)C(=O)C1=CN(c2ccccc2)CCC1(C)C. The fourth-order valence-electron chi connectivity index (χ4n) is 19.8. The van der Waals surface area contributed by atoms with Crippen molar-refractivity contribution in [1.29, 1.82) is 0 Å². The molecule has 782 valence electrons. The number of esters is 1. The number of hydrogen-bond acceptors (Lipinski definition) is 18. The molecule has 18 heteroatoms. The Morgan fingerprint density at radius 3 is 0.888 bits per heavy atom. The quantitative estimate of drug-likeness (QED) is 0.0145. The van der Waals surface area contributed by atoms with Gasteiger partial charge in [0.2, 0.25) is 0 Å². The summed E-state index contributed by atoms with van der Waals surface area (Å²) in [6.07, 6.45) is 34.8. The Balaban J connectivity index is 0.000000239. The van der Waals surface area contributed by atoms with Gasteiger partial charge in [-0.3, -0.25) is 33.6 Å². The first-order valence-electron chi connectivity index (χ1n) is 52.9. The molecule has 0 amide bonds. The number of nitrogens with zero attached hydrogens (tertiary/aromatic N) is 9. The fourth-order valence-corrected chi connectivity index (χ4v) is 19.8. The molecule has 0 N–H and O–H groups in total. The van der Waals surface area contributed by atoms with E-state index in [1.807, 2.05) is 104 Å². The number of benzene rings is 5. The molecule has 13 rings (SSSR count). The number of piperazine rings is 1. The molecule has 0 unspecified atom stereocenters. The number of rotatable bonds is 29. The lowest BCUT2D eigenvalue weighted by Gasteiger charge is -2.43. The largest absolute Gasteiger partial charge is 0.460 e. The fraction of sp³-hybridized carbons (Fsp3) is 0.568. The monoisotopic (exact) mass is 1950 g/mol. The number of ketones is 7. The number of para-hydroxylation sites is 1. The molecule has 5 aromatic carbocycles. The van der Waals surface area contributed by atoms with E-state index in [4.69, 9.17) is 4.74 Å². The molecular weight excluding hydrogens is 1770 g/mol. The number of ether oxygens (including phenoxy) is 1. The first kappa shape index (κ1) is 118. The molecule has 0 bridgehead atoms. The van der Waals surface area contributed by atoms with Gasteiger partial charge in [0.05, 0.1) is 6.61 Å². The predicted molar refractivity (Wildman–Crippen MR) is 600 cm³/mol. The average molecular weight is 1960 g/mol. The van der Waals surface area contributed by atoms with Crippen LogP contribution in [0.5, 0.6) is 0 Å². The Morgan fingerprint density at radius 2 is 0.573 bits per heavy atom. The lowest BCUT2D eigenvalue weighted by molar-refractivity contribution is -0.152. The van der Waals surface area contributed by atoms with E-state index < -0.39 is 11.8 Å². The Morgan fingerprint density at radius 1 is 0.301 bits per heavy atom. The van der Waals surface area contributed by atoms with Gasteiger partial charge >= 0.3 is 5.97 Å². The first-order chi connectivity index (χ1) is 65.8. The number of allylic oxidation sites excluding steroid dienone is 7. The van der Waals surface area contributed by atoms with E-state index in [1.165, 1.54) is 25.7 Å². The van der Waals surface area contributed by atoms with E-state index in [0.29, 0.717) is 35.5 Å². The van der Waals surface area contributed by atoms with Gasteiger partial charge in [-0.2, -0.15) is 0 Å². The summed E-state index contributed by atoms with van der Waals surface area (Å²) in [5.41, 5.74) is 13.5. The van der Waals surface area contributed by atoms with Crippen LogP contribution in [0.2, 0.25) is 0 Å².